The van der Waals surface area contributed by atoms with Crippen molar-refractivity contribution in [3.05, 3.63) is 23.9 Å². The first-order chi connectivity index (χ1) is 8.86. The van der Waals surface area contributed by atoms with Gasteiger partial charge in [-0.15, -0.1) is 0 Å². The number of alkyl halides is 1. The number of pyridine rings is 1. The fourth-order valence-electron chi connectivity index (χ4n) is 3.04. The minimum atomic E-state index is 0.755. The summed E-state index contributed by atoms with van der Waals surface area (Å²) in [5.74, 6) is 1.14. The molecular weight excluding hydrogens is 290 g/mol. The van der Waals surface area contributed by atoms with Crippen LogP contribution in [0.4, 0.5) is 5.82 Å². The molecule has 0 amide bonds. The average Bonchev–Trinajstić information content (AvgIpc) is 3.09. The highest BCUT2D eigenvalue weighted by Gasteiger charge is 2.29. The minimum Gasteiger partial charge on any atom is -0.355 e. The van der Waals surface area contributed by atoms with Crippen LogP contribution in [0.15, 0.2) is 18.3 Å². The normalized spacial score (nSPS) is 24.9. The van der Waals surface area contributed by atoms with E-state index in [1.165, 1.54) is 37.9 Å². The molecule has 2 fully saturated rings. The van der Waals surface area contributed by atoms with E-state index < -0.39 is 0 Å². The van der Waals surface area contributed by atoms with Crippen LogP contribution in [0.1, 0.15) is 24.8 Å². The number of hydrogen-bond acceptors (Lipinski definition) is 3. The SMILES string of the molecule is BrCc1ccc(N2CCC(N3CCCC3)C2)nc1. The summed E-state index contributed by atoms with van der Waals surface area (Å²) in [6.07, 6.45) is 6.04. The van der Waals surface area contributed by atoms with Crippen LogP contribution in [0.5, 0.6) is 0 Å². The molecule has 0 spiro atoms. The number of nitrogens with zero attached hydrogens (tertiary/aromatic N) is 3. The van der Waals surface area contributed by atoms with Crippen LogP contribution >= 0.6 is 15.9 Å². The zero-order valence-electron chi connectivity index (χ0n) is 10.7. The molecule has 0 aromatic carbocycles. The second-order valence-electron chi connectivity index (χ2n) is 5.29. The van der Waals surface area contributed by atoms with Gasteiger partial charge in [-0.3, -0.25) is 4.90 Å². The molecule has 3 rings (SSSR count). The standard InChI is InChI=1S/C14H20BrN3/c15-9-12-3-4-14(16-10-12)18-8-5-13(11-18)17-6-1-2-7-17/h3-4,10,13H,1-2,5-9,11H2. The Labute approximate surface area is 117 Å². The molecule has 3 nitrogen and oxygen atoms in total. The molecule has 2 aliphatic rings. The summed E-state index contributed by atoms with van der Waals surface area (Å²) in [5, 5.41) is 0.886. The molecule has 98 valence electrons. The number of aromatic nitrogens is 1. The number of hydrogen-bond donors (Lipinski definition) is 0. The Bertz CT molecular complexity index is 387. The van der Waals surface area contributed by atoms with Crippen molar-refractivity contribution in [1.82, 2.24) is 9.88 Å². The first-order valence-corrected chi connectivity index (χ1v) is 7.99. The van der Waals surface area contributed by atoms with Crippen LogP contribution < -0.4 is 4.90 Å². The van der Waals surface area contributed by atoms with Gasteiger partial charge in [0.05, 0.1) is 0 Å². The molecule has 2 aliphatic heterocycles. The molecule has 0 aliphatic carbocycles. The fourth-order valence-corrected chi connectivity index (χ4v) is 3.37. The van der Waals surface area contributed by atoms with Crippen molar-refractivity contribution in [2.75, 3.05) is 31.1 Å². The van der Waals surface area contributed by atoms with E-state index in [1.54, 1.807) is 0 Å². The maximum Gasteiger partial charge on any atom is 0.128 e. The van der Waals surface area contributed by atoms with E-state index in [2.05, 4.69) is 42.8 Å². The second-order valence-corrected chi connectivity index (χ2v) is 5.85. The zero-order chi connectivity index (χ0) is 12.4. The summed E-state index contributed by atoms with van der Waals surface area (Å²) in [4.78, 5) is 9.66. The Morgan fingerprint density at radius 1 is 1.22 bits per heavy atom. The lowest BCUT2D eigenvalue weighted by Crippen LogP contribution is -2.35. The largest absolute Gasteiger partial charge is 0.355 e. The Morgan fingerprint density at radius 2 is 2.06 bits per heavy atom. The molecule has 1 aromatic rings. The molecule has 3 heterocycles. The Balaban J connectivity index is 1.63. The third kappa shape index (κ3) is 2.54. The topological polar surface area (TPSA) is 19.4 Å². The van der Waals surface area contributed by atoms with Gasteiger partial charge in [0.25, 0.3) is 0 Å². The second kappa shape index (κ2) is 5.57. The summed E-state index contributed by atoms with van der Waals surface area (Å²) in [6, 6.07) is 5.08. The number of anilines is 1. The molecule has 2 saturated heterocycles. The molecule has 0 radical (unpaired) electrons. The van der Waals surface area contributed by atoms with Crippen LogP contribution in [0, 0.1) is 0 Å². The molecule has 18 heavy (non-hydrogen) atoms. The van der Waals surface area contributed by atoms with Gasteiger partial charge < -0.3 is 4.90 Å². The predicted octanol–water partition coefficient (Wildman–Crippen LogP) is 2.65. The summed E-state index contributed by atoms with van der Waals surface area (Å²) < 4.78 is 0. The van der Waals surface area contributed by atoms with Crippen molar-refractivity contribution in [2.45, 2.75) is 30.6 Å². The molecular formula is C14H20BrN3. The van der Waals surface area contributed by atoms with Crippen molar-refractivity contribution in [3.8, 4) is 0 Å². The molecule has 4 heteroatoms. The summed E-state index contributed by atoms with van der Waals surface area (Å²) >= 11 is 3.46. The lowest BCUT2D eigenvalue weighted by Gasteiger charge is -2.24. The minimum absolute atomic E-state index is 0.755. The first kappa shape index (κ1) is 12.4. The van der Waals surface area contributed by atoms with Gasteiger partial charge in [-0.05, 0) is 44.0 Å². The van der Waals surface area contributed by atoms with E-state index in [1.807, 2.05) is 6.20 Å². The van der Waals surface area contributed by atoms with E-state index in [0.717, 1.165) is 30.3 Å². The van der Waals surface area contributed by atoms with Crippen LogP contribution in [0.2, 0.25) is 0 Å². The molecule has 1 unspecified atom stereocenters. The van der Waals surface area contributed by atoms with Crippen LogP contribution in [0.3, 0.4) is 0 Å². The van der Waals surface area contributed by atoms with E-state index >= 15 is 0 Å². The van der Waals surface area contributed by atoms with Gasteiger partial charge in [-0.1, -0.05) is 22.0 Å². The van der Waals surface area contributed by atoms with Crippen LogP contribution in [0.25, 0.3) is 0 Å². The van der Waals surface area contributed by atoms with Gasteiger partial charge in [0.2, 0.25) is 0 Å². The van der Waals surface area contributed by atoms with Crippen LogP contribution in [-0.4, -0.2) is 42.1 Å². The van der Waals surface area contributed by atoms with Crippen molar-refractivity contribution in [1.29, 1.82) is 0 Å². The zero-order valence-corrected chi connectivity index (χ0v) is 12.3. The predicted molar refractivity (Wildman–Crippen MR) is 78.3 cm³/mol. The first-order valence-electron chi connectivity index (χ1n) is 6.87. The summed E-state index contributed by atoms with van der Waals surface area (Å²) in [6.45, 7) is 4.91. The quantitative estimate of drug-likeness (QED) is 0.800. The molecule has 0 bridgehead atoms. The summed E-state index contributed by atoms with van der Waals surface area (Å²) in [5.41, 5.74) is 1.24. The molecule has 0 saturated carbocycles. The monoisotopic (exact) mass is 309 g/mol. The van der Waals surface area contributed by atoms with Crippen molar-refractivity contribution >= 4 is 21.7 Å². The van der Waals surface area contributed by atoms with Crippen molar-refractivity contribution < 1.29 is 0 Å². The maximum absolute atomic E-state index is 4.57. The third-order valence-corrected chi connectivity index (χ3v) is 4.76. The summed E-state index contributed by atoms with van der Waals surface area (Å²) in [7, 11) is 0. The van der Waals surface area contributed by atoms with Gasteiger partial charge in [0.15, 0.2) is 0 Å². The fraction of sp³-hybridized carbons (Fsp3) is 0.643. The van der Waals surface area contributed by atoms with E-state index in [0.29, 0.717) is 0 Å². The number of rotatable bonds is 3. The highest BCUT2D eigenvalue weighted by Crippen LogP contribution is 2.24. The highest BCUT2D eigenvalue weighted by atomic mass is 79.9. The highest BCUT2D eigenvalue weighted by molar-refractivity contribution is 9.08. The average molecular weight is 310 g/mol. The van der Waals surface area contributed by atoms with Gasteiger partial charge >= 0.3 is 0 Å². The van der Waals surface area contributed by atoms with Gasteiger partial charge in [0.1, 0.15) is 5.82 Å². The Morgan fingerprint density at radius 3 is 2.72 bits per heavy atom. The van der Waals surface area contributed by atoms with Crippen molar-refractivity contribution in [3.63, 3.8) is 0 Å². The number of halogens is 1. The van der Waals surface area contributed by atoms with Crippen molar-refractivity contribution in [2.24, 2.45) is 0 Å². The Kier molecular flexibility index (Phi) is 3.85. The third-order valence-electron chi connectivity index (χ3n) is 4.11. The molecule has 1 aromatic heterocycles. The Hall–Kier alpha value is -0.610. The van der Waals surface area contributed by atoms with Crippen LogP contribution in [-0.2, 0) is 5.33 Å². The molecule has 0 N–H and O–H groups in total. The van der Waals surface area contributed by atoms with Gasteiger partial charge in [-0.2, -0.15) is 0 Å². The van der Waals surface area contributed by atoms with Gasteiger partial charge in [0, 0.05) is 30.7 Å². The van der Waals surface area contributed by atoms with E-state index in [-0.39, 0.29) is 0 Å². The van der Waals surface area contributed by atoms with E-state index in [4.69, 9.17) is 0 Å². The molecule has 1 atom stereocenters. The van der Waals surface area contributed by atoms with Gasteiger partial charge in [-0.25, -0.2) is 4.98 Å². The maximum atomic E-state index is 4.57. The lowest BCUT2D eigenvalue weighted by atomic mass is 10.2. The lowest BCUT2D eigenvalue weighted by molar-refractivity contribution is 0.260. The smallest absolute Gasteiger partial charge is 0.128 e. The number of likely N-dealkylation sites (tertiary alicyclic amines) is 1. The van der Waals surface area contributed by atoms with E-state index in [9.17, 15) is 0 Å².